The molecule has 88 valence electrons. The predicted octanol–water partition coefficient (Wildman–Crippen LogP) is 2.03. The number of piperidine rings is 1. The van der Waals surface area contributed by atoms with Crippen molar-refractivity contribution in [1.29, 1.82) is 0 Å². The summed E-state index contributed by atoms with van der Waals surface area (Å²) in [5, 5.41) is -0.373. The van der Waals surface area contributed by atoms with Gasteiger partial charge in [-0.25, -0.2) is 0 Å². The largest absolute Gasteiger partial charge is 0.383 e. The van der Waals surface area contributed by atoms with Crippen LogP contribution in [-0.2, 0) is 9.53 Å². The minimum absolute atomic E-state index is 0.0703. The van der Waals surface area contributed by atoms with Gasteiger partial charge in [-0.2, -0.15) is 0 Å². The van der Waals surface area contributed by atoms with E-state index in [2.05, 4.69) is 0 Å². The zero-order valence-corrected chi connectivity index (χ0v) is 10.3. The molecule has 0 spiro atoms. The standard InChI is InChI=1S/C11H20ClNO2/c1-3-10(12)11(14)13-7-5-4-6-9(13)8-15-2/h9-10H,3-8H2,1-2H3/t9-,10-/m1/s1. The molecule has 15 heavy (non-hydrogen) atoms. The van der Waals surface area contributed by atoms with Crippen LogP contribution in [0.2, 0.25) is 0 Å². The summed E-state index contributed by atoms with van der Waals surface area (Å²) < 4.78 is 5.14. The highest BCUT2D eigenvalue weighted by atomic mass is 35.5. The summed E-state index contributed by atoms with van der Waals surface area (Å²) in [7, 11) is 1.68. The van der Waals surface area contributed by atoms with E-state index in [0.29, 0.717) is 13.0 Å². The Morgan fingerprint density at radius 2 is 2.33 bits per heavy atom. The summed E-state index contributed by atoms with van der Waals surface area (Å²) in [5.74, 6) is 0.0703. The van der Waals surface area contributed by atoms with Crippen LogP contribution in [0.1, 0.15) is 32.6 Å². The Bertz CT molecular complexity index is 209. The number of carbonyl (C=O) groups is 1. The van der Waals surface area contributed by atoms with Gasteiger partial charge in [0.25, 0.3) is 0 Å². The van der Waals surface area contributed by atoms with Crippen LogP contribution in [0.5, 0.6) is 0 Å². The molecule has 0 aromatic carbocycles. The van der Waals surface area contributed by atoms with Crippen LogP contribution in [-0.4, -0.2) is 42.5 Å². The summed E-state index contributed by atoms with van der Waals surface area (Å²) in [6, 6.07) is 0.226. The molecule has 1 fully saturated rings. The van der Waals surface area contributed by atoms with Gasteiger partial charge in [0.1, 0.15) is 5.38 Å². The second-order valence-corrected chi connectivity index (χ2v) is 4.54. The molecule has 0 aromatic heterocycles. The maximum absolute atomic E-state index is 12.0. The Morgan fingerprint density at radius 3 is 2.93 bits per heavy atom. The third-order valence-corrected chi connectivity index (χ3v) is 3.39. The lowest BCUT2D eigenvalue weighted by molar-refractivity contribution is -0.135. The molecule has 0 N–H and O–H groups in total. The first-order valence-corrected chi connectivity index (χ1v) is 6.07. The Morgan fingerprint density at radius 1 is 1.60 bits per heavy atom. The van der Waals surface area contributed by atoms with E-state index in [1.54, 1.807) is 7.11 Å². The first-order valence-electron chi connectivity index (χ1n) is 5.64. The van der Waals surface area contributed by atoms with Crippen molar-refractivity contribution in [2.75, 3.05) is 20.3 Å². The van der Waals surface area contributed by atoms with E-state index in [0.717, 1.165) is 19.4 Å². The predicted molar refractivity (Wildman–Crippen MR) is 61.2 cm³/mol. The Labute approximate surface area is 96.7 Å². The van der Waals surface area contributed by atoms with E-state index in [-0.39, 0.29) is 17.3 Å². The van der Waals surface area contributed by atoms with Gasteiger partial charge in [0, 0.05) is 13.7 Å². The zero-order chi connectivity index (χ0) is 11.3. The van der Waals surface area contributed by atoms with Crippen molar-refractivity contribution >= 4 is 17.5 Å². The van der Waals surface area contributed by atoms with E-state index >= 15 is 0 Å². The number of likely N-dealkylation sites (tertiary alicyclic amines) is 1. The van der Waals surface area contributed by atoms with Gasteiger partial charge in [-0.3, -0.25) is 4.79 Å². The molecule has 1 heterocycles. The molecule has 1 rings (SSSR count). The number of rotatable bonds is 4. The van der Waals surface area contributed by atoms with Crippen molar-refractivity contribution in [1.82, 2.24) is 4.90 Å². The SMILES string of the molecule is CC[C@@H](Cl)C(=O)N1CCCC[C@@H]1COC. The van der Waals surface area contributed by atoms with E-state index in [1.165, 1.54) is 6.42 Å². The van der Waals surface area contributed by atoms with Crippen molar-refractivity contribution in [3.63, 3.8) is 0 Å². The smallest absolute Gasteiger partial charge is 0.240 e. The topological polar surface area (TPSA) is 29.5 Å². The van der Waals surface area contributed by atoms with Crippen LogP contribution in [0.4, 0.5) is 0 Å². The van der Waals surface area contributed by atoms with E-state index in [9.17, 15) is 4.79 Å². The highest BCUT2D eigenvalue weighted by molar-refractivity contribution is 6.30. The first kappa shape index (κ1) is 12.8. The molecule has 0 aromatic rings. The fraction of sp³-hybridized carbons (Fsp3) is 0.909. The number of methoxy groups -OCH3 is 1. The van der Waals surface area contributed by atoms with Gasteiger partial charge in [-0.1, -0.05) is 6.92 Å². The Hall–Kier alpha value is -0.280. The number of halogens is 1. The maximum atomic E-state index is 12.0. The fourth-order valence-electron chi connectivity index (χ4n) is 2.01. The number of amides is 1. The van der Waals surface area contributed by atoms with E-state index < -0.39 is 0 Å². The van der Waals surface area contributed by atoms with Crippen molar-refractivity contribution in [3.05, 3.63) is 0 Å². The summed E-state index contributed by atoms with van der Waals surface area (Å²) >= 11 is 5.98. The molecule has 4 heteroatoms. The van der Waals surface area contributed by atoms with Gasteiger partial charge in [-0.15, -0.1) is 11.6 Å². The second kappa shape index (κ2) is 6.33. The molecule has 1 aliphatic heterocycles. The normalized spacial score (nSPS) is 23.9. The van der Waals surface area contributed by atoms with Gasteiger partial charge in [0.05, 0.1) is 12.6 Å². The summed E-state index contributed by atoms with van der Waals surface area (Å²) in [4.78, 5) is 13.8. The average molecular weight is 234 g/mol. The van der Waals surface area contributed by atoms with Gasteiger partial charge < -0.3 is 9.64 Å². The molecule has 1 aliphatic rings. The summed E-state index contributed by atoms with van der Waals surface area (Å²) in [6.07, 6.45) is 3.99. The van der Waals surface area contributed by atoms with Crippen LogP contribution in [0.3, 0.4) is 0 Å². The highest BCUT2D eigenvalue weighted by Gasteiger charge is 2.29. The molecule has 0 saturated carbocycles. The highest BCUT2D eigenvalue weighted by Crippen LogP contribution is 2.20. The average Bonchev–Trinajstić information content (AvgIpc) is 2.28. The summed E-state index contributed by atoms with van der Waals surface area (Å²) in [5.41, 5.74) is 0. The Kier molecular flexibility index (Phi) is 5.40. The van der Waals surface area contributed by atoms with Crippen LogP contribution in [0.15, 0.2) is 0 Å². The van der Waals surface area contributed by atoms with E-state index in [1.807, 2.05) is 11.8 Å². The number of hydrogen-bond acceptors (Lipinski definition) is 2. The van der Waals surface area contributed by atoms with Crippen LogP contribution in [0, 0.1) is 0 Å². The lowest BCUT2D eigenvalue weighted by Crippen LogP contribution is -2.48. The molecule has 0 bridgehead atoms. The molecule has 0 radical (unpaired) electrons. The van der Waals surface area contributed by atoms with Gasteiger partial charge >= 0.3 is 0 Å². The van der Waals surface area contributed by atoms with Gasteiger partial charge in [0.2, 0.25) is 5.91 Å². The first-order chi connectivity index (χ1) is 7.20. The molecular formula is C11H20ClNO2. The maximum Gasteiger partial charge on any atom is 0.240 e. The molecule has 2 atom stereocenters. The fourth-order valence-corrected chi connectivity index (χ4v) is 2.14. The molecule has 0 unspecified atom stereocenters. The Balaban J connectivity index is 2.58. The van der Waals surface area contributed by atoms with Crippen molar-refractivity contribution in [2.45, 2.75) is 44.0 Å². The lowest BCUT2D eigenvalue weighted by Gasteiger charge is -2.36. The molecule has 0 aliphatic carbocycles. The van der Waals surface area contributed by atoms with Crippen LogP contribution in [0.25, 0.3) is 0 Å². The van der Waals surface area contributed by atoms with Crippen LogP contribution >= 0.6 is 11.6 Å². The van der Waals surface area contributed by atoms with Crippen LogP contribution < -0.4 is 0 Å². The number of nitrogens with zero attached hydrogens (tertiary/aromatic N) is 1. The molecule has 3 nitrogen and oxygen atoms in total. The minimum Gasteiger partial charge on any atom is -0.383 e. The van der Waals surface area contributed by atoms with Crippen molar-refractivity contribution < 1.29 is 9.53 Å². The molecule has 1 saturated heterocycles. The minimum atomic E-state index is -0.373. The summed E-state index contributed by atoms with van der Waals surface area (Å²) in [6.45, 7) is 3.39. The van der Waals surface area contributed by atoms with Gasteiger partial charge in [-0.05, 0) is 25.7 Å². The van der Waals surface area contributed by atoms with Gasteiger partial charge in [0.15, 0.2) is 0 Å². The number of carbonyl (C=O) groups excluding carboxylic acids is 1. The molecule has 1 amide bonds. The third-order valence-electron chi connectivity index (χ3n) is 2.90. The third kappa shape index (κ3) is 3.35. The lowest BCUT2D eigenvalue weighted by atomic mass is 10.0. The molecular weight excluding hydrogens is 214 g/mol. The monoisotopic (exact) mass is 233 g/mol. The number of ether oxygens (including phenoxy) is 1. The zero-order valence-electron chi connectivity index (χ0n) is 9.54. The number of hydrogen-bond donors (Lipinski definition) is 0. The number of alkyl halides is 1. The second-order valence-electron chi connectivity index (χ2n) is 4.01. The van der Waals surface area contributed by atoms with E-state index in [4.69, 9.17) is 16.3 Å². The quantitative estimate of drug-likeness (QED) is 0.696. The van der Waals surface area contributed by atoms with Crippen molar-refractivity contribution in [3.8, 4) is 0 Å². The van der Waals surface area contributed by atoms with Crippen molar-refractivity contribution in [2.24, 2.45) is 0 Å².